The summed E-state index contributed by atoms with van der Waals surface area (Å²) in [6, 6.07) is 2.18. The van der Waals surface area contributed by atoms with E-state index in [9.17, 15) is 5.26 Å². The molecule has 4 nitrogen and oxygen atoms in total. The van der Waals surface area contributed by atoms with Crippen molar-refractivity contribution >= 4 is 11.6 Å². The van der Waals surface area contributed by atoms with E-state index in [4.69, 9.17) is 25.8 Å². The van der Waals surface area contributed by atoms with E-state index in [2.05, 4.69) is 32.9 Å². The quantitative estimate of drug-likeness (QED) is 0.249. The van der Waals surface area contributed by atoms with E-state index in [1.807, 2.05) is 26.0 Å². The van der Waals surface area contributed by atoms with Gasteiger partial charge < -0.3 is 14.2 Å². The first-order valence-electron chi connectivity index (χ1n) is 10.7. The standard InChI is InChI=1S/C24H36ClNO3/c1-6-27-19(4)29-20(15-26)8-7-9-22-23-21(18(3)16-28-22)11-13-24(23,5)12-10-17(2)14-25/h7-8,10,19-20,22-23H,6,9,11-14,16H2,1-5H3/b8-7+,17-10-/t19?,20?,22-,23+,24-/m1/s1. The fourth-order valence-corrected chi connectivity index (χ4v) is 4.66. The molecule has 0 aromatic carbocycles. The molecule has 2 unspecified atom stereocenters. The Hall–Kier alpha value is -1.12. The van der Waals surface area contributed by atoms with Crippen molar-refractivity contribution in [1.29, 1.82) is 5.26 Å². The Morgan fingerprint density at radius 2 is 2.24 bits per heavy atom. The van der Waals surface area contributed by atoms with Gasteiger partial charge in [-0.05, 0) is 70.4 Å². The Bertz CT molecular complexity index is 678. The first kappa shape index (κ1) is 24.2. The molecule has 1 saturated carbocycles. The van der Waals surface area contributed by atoms with Crippen molar-refractivity contribution in [2.75, 3.05) is 19.1 Å². The third-order valence-corrected chi connectivity index (χ3v) is 6.62. The van der Waals surface area contributed by atoms with E-state index in [0.29, 0.717) is 25.0 Å². The third kappa shape index (κ3) is 6.43. The van der Waals surface area contributed by atoms with Gasteiger partial charge in [0.05, 0.1) is 18.8 Å². The number of halogens is 1. The average Bonchev–Trinajstić information content (AvgIpc) is 3.06. The molecule has 1 aliphatic heterocycles. The second kappa shape index (κ2) is 11.3. The maximum Gasteiger partial charge on any atom is 0.165 e. The van der Waals surface area contributed by atoms with Gasteiger partial charge in [0.15, 0.2) is 12.4 Å². The fraction of sp³-hybridized carbons (Fsp3) is 0.708. The highest BCUT2D eigenvalue weighted by Gasteiger charge is 2.47. The predicted molar refractivity (Wildman–Crippen MR) is 118 cm³/mol. The zero-order valence-corrected chi connectivity index (χ0v) is 19.3. The highest BCUT2D eigenvalue weighted by molar-refractivity contribution is 6.19. The zero-order valence-electron chi connectivity index (χ0n) is 18.5. The van der Waals surface area contributed by atoms with E-state index in [-0.39, 0.29) is 11.5 Å². The van der Waals surface area contributed by atoms with Crippen LogP contribution in [0.5, 0.6) is 0 Å². The van der Waals surface area contributed by atoms with E-state index in [0.717, 1.165) is 19.3 Å². The molecule has 0 amide bonds. The van der Waals surface area contributed by atoms with Gasteiger partial charge in [-0.2, -0.15) is 5.26 Å². The molecule has 0 radical (unpaired) electrons. The van der Waals surface area contributed by atoms with Gasteiger partial charge in [0.2, 0.25) is 0 Å². The second-order valence-corrected chi connectivity index (χ2v) is 8.81. The maximum absolute atomic E-state index is 9.36. The number of allylic oxidation sites excluding steroid dienone is 2. The van der Waals surface area contributed by atoms with Crippen LogP contribution >= 0.6 is 11.6 Å². The molecule has 5 heteroatoms. The monoisotopic (exact) mass is 421 g/mol. The number of ether oxygens (including phenoxy) is 3. The second-order valence-electron chi connectivity index (χ2n) is 8.55. The van der Waals surface area contributed by atoms with E-state index in [1.165, 1.54) is 17.6 Å². The minimum atomic E-state index is -0.610. The van der Waals surface area contributed by atoms with Crippen LogP contribution in [-0.4, -0.2) is 37.6 Å². The van der Waals surface area contributed by atoms with Crippen molar-refractivity contribution < 1.29 is 14.2 Å². The maximum atomic E-state index is 9.36. The van der Waals surface area contributed by atoms with Crippen molar-refractivity contribution in [3.05, 3.63) is 34.9 Å². The number of fused-ring (bicyclic) bond motifs is 1. The first-order valence-corrected chi connectivity index (χ1v) is 11.2. The highest BCUT2D eigenvalue weighted by Crippen LogP contribution is 2.54. The van der Waals surface area contributed by atoms with Crippen LogP contribution in [-0.2, 0) is 14.2 Å². The van der Waals surface area contributed by atoms with Gasteiger partial charge in [0.1, 0.15) is 0 Å². The van der Waals surface area contributed by atoms with Crippen molar-refractivity contribution in [3.63, 3.8) is 0 Å². The smallest absolute Gasteiger partial charge is 0.165 e. The number of alkyl halides is 1. The van der Waals surface area contributed by atoms with Crippen LogP contribution in [0, 0.1) is 22.7 Å². The van der Waals surface area contributed by atoms with Crippen molar-refractivity contribution in [2.45, 2.75) is 78.8 Å². The molecule has 1 aliphatic carbocycles. The Morgan fingerprint density at radius 3 is 2.90 bits per heavy atom. The summed E-state index contributed by atoms with van der Waals surface area (Å²) in [5, 5.41) is 9.36. The Morgan fingerprint density at radius 1 is 1.48 bits per heavy atom. The lowest BCUT2D eigenvalue weighted by atomic mass is 9.71. The largest absolute Gasteiger partial charge is 0.373 e. The topological polar surface area (TPSA) is 51.5 Å². The summed E-state index contributed by atoms with van der Waals surface area (Å²) in [6.07, 6.45) is 9.41. The van der Waals surface area contributed by atoms with Crippen LogP contribution in [0.4, 0.5) is 0 Å². The number of nitrogens with zero attached hydrogens (tertiary/aromatic N) is 1. The van der Waals surface area contributed by atoms with Crippen LogP contribution in [0.25, 0.3) is 0 Å². The number of hydrogen-bond donors (Lipinski definition) is 0. The van der Waals surface area contributed by atoms with Crippen LogP contribution in [0.1, 0.15) is 60.3 Å². The molecular weight excluding hydrogens is 386 g/mol. The summed E-state index contributed by atoms with van der Waals surface area (Å²) in [4.78, 5) is 0. The fourth-order valence-electron chi connectivity index (χ4n) is 4.56. The highest BCUT2D eigenvalue weighted by atomic mass is 35.5. The molecule has 0 saturated heterocycles. The molecule has 2 rings (SSSR count). The van der Waals surface area contributed by atoms with Gasteiger partial charge >= 0.3 is 0 Å². The number of rotatable bonds is 10. The van der Waals surface area contributed by atoms with Crippen LogP contribution in [0.3, 0.4) is 0 Å². The lowest BCUT2D eigenvalue weighted by molar-refractivity contribution is -0.134. The Labute approximate surface area is 181 Å². The SMILES string of the molecule is CCOC(C)OC(C#N)/C=C/C[C@H]1OCC(C)=C2CC[C@@](C)(C/C=C(/C)CCl)[C@@H]21. The zero-order chi connectivity index (χ0) is 21.4. The van der Waals surface area contributed by atoms with Crippen molar-refractivity contribution in [3.8, 4) is 6.07 Å². The lowest BCUT2D eigenvalue weighted by Gasteiger charge is -2.40. The van der Waals surface area contributed by atoms with Gasteiger partial charge in [0, 0.05) is 18.4 Å². The van der Waals surface area contributed by atoms with Gasteiger partial charge in [-0.3, -0.25) is 0 Å². The summed E-state index contributed by atoms with van der Waals surface area (Å²) >= 11 is 5.98. The van der Waals surface area contributed by atoms with Crippen molar-refractivity contribution in [1.82, 2.24) is 0 Å². The molecule has 1 fully saturated rings. The van der Waals surface area contributed by atoms with E-state index < -0.39 is 12.4 Å². The number of nitriles is 1. The van der Waals surface area contributed by atoms with Gasteiger partial charge in [-0.1, -0.05) is 30.2 Å². The Kier molecular flexibility index (Phi) is 9.43. The summed E-state index contributed by atoms with van der Waals surface area (Å²) in [5.41, 5.74) is 4.37. The first-order chi connectivity index (χ1) is 13.8. The molecular formula is C24H36ClNO3. The summed E-state index contributed by atoms with van der Waals surface area (Å²) in [5.74, 6) is 0.991. The van der Waals surface area contributed by atoms with Gasteiger partial charge in [0.25, 0.3) is 0 Å². The van der Waals surface area contributed by atoms with Gasteiger partial charge in [-0.25, -0.2) is 0 Å². The average molecular weight is 422 g/mol. The van der Waals surface area contributed by atoms with E-state index in [1.54, 1.807) is 5.57 Å². The summed E-state index contributed by atoms with van der Waals surface area (Å²) < 4.78 is 17.2. The minimum Gasteiger partial charge on any atom is -0.373 e. The van der Waals surface area contributed by atoms with Crippen LogP contribution in [0.15, 0.2) is 34.9 Å². The molecule has 0 spiro atoms. The lowest BCUT2D eigenvalue weighted by Crippen LogP contribution is -2.38. The normalized spacial score (nSPS) is 29.8. The summed E-state index contributed by atoms with van der Waals surface area (Å²) in [7, 11) is 0. The van der Waals surface area contributed by atoms with E-state index >= 15 is 0 Å². The molecule has 29 heavy (non-hydrogen) atoms. The molecule has 0 bridgehead atoms. The minimum absolute atomic E-state index is 0.130. The summed E-state index contributed by atoms with van der Waals surface area (Å²) in [6.45, 7) is 11.7. The van der Waals surface area contributed by atoms with Crippen LogP contribution in [0.2, 0.25) is 0 Å². The van der Waals surface area contributed by atoms with Crippen LogP contribution < -0.4 is 0 Å². The third-order valence-electron chi connectivity index (χ3n) is 6.20. The van der Waals surface area contributed by atoms with Gasteiger partial charge in [-0.15, -0.1) is 11.6 Å². The number of hydrogen-bond acceptors (Lipinski definition) is 4. The molecule has 1 heterocycles. The molecule has 2 aliphatic rings. The molecule has 0 N–H and O–H groups in total. The predicted octanol–water partition coefficient (Wildman–Crippen LogP) is 5.93. The van der Waals surface area contributed by atoms with Crippen molar-refractivity contribution in [2.24, 2.45) is 11.3 Å². The molecule has 0 aromatic rings. The molecule has 0 aromatic heterocycles. The molecule has 5 atom stereocenters. The Balaban J connectivity index is 2.09. The molecule has 162 valence electrons.